The molecule has 0 fully saturated rings. The first-order valence-electron chi connectivity index (χ1n) is 9.34. The first-order chi connectivity index (χ1) is 14.8. The Bertz CT molecular complexity index is 1380. The maximum atomic E-state index is 13.4. The fraction of sp³-hybridized carbons (Fsp3) is 0.0870. The number of nitrogens with zero attached hydrogens (tertiary/aromatic N) is 1. The lowest BCUT2D eigenvalue weighted by Gasteiger charge is -2.22. The van der Waals surface area contributed by atoms with Gasteiger partial charge in [0.1, 0.15) is 11.4 Å². The second-order valence-corrected chi connectivity index (χ2v) is 9.79. The van der Waals surface area contributed by atoms with Crippen LogP contribution in [0.15, 0.2) is 97.6 Å². The van der Waals surface area contributed by atoms with E-state index in [2.05, 4.69) is 15.9 Å². The van der Waals surface area contributed by atoms with E-state index in [0.29, 0.717) is 16.5 Å². The van der Waals surface area contributed by atoms with E-state index >= 15 is 0 Å². The van der Waals surface area contributed by atoms with Crippen LogP contribution in [0, 0.1) is 5.82 Å². The highest BCUT2D eigenvalue weighted by molar-refractivity contribution is 9.10. The second-order valence-electron chi connectivity index (χ2n) is 6.94. The van der Waals surface area contributed by atoms with Gasteiger partial charge in [-0.3, -0.25) is 4.79 Å². The van der Waals surface area contributed by atoms with Crippen LogP contribution in [0.2, 0.25) is 0 Å². The van der Waals surface area contributed by atoms with Crippen LogP contribution in [0.25, 0.3) is 11.0 Å². The van der Waals surface area contributed by atoms with Crippen molar-refractivity contribution in [1.29, 1.82) is 0 Å². The molecule has 1 aromatic heterocycles. The molecular weight excluding hydrogens is 485 g/mol. The maximum absolute atomic E-state index is 13.4. The number of para-hydroxylation sites is 1. The molecular formula is C23H17BrFNO4S. The molecule has 0 bridgehead atoms. The van der Waals surface area contributed by atoms with Crippen LogP contribution < -0.4 is 5.43 Å². The zero-order valence-corrected chi connectivity index (χ0v) is 18.6. The third-order valence-corrected chi connectivity index (χ3v) is 7.16. The van der Waals surface area contributed by atoms with Gasteiger partial charge in [0, 0.05) is 17.6 Å². The Morgan fingerprint density at radius 3 is 2.29 bits per heavy atom. The predicted molar refractivity (Wildman–Crippen MR) is 119 cm³/mol. The standard InChI is InChI=1S/C23H17BrFNO4S/c24-18-7-11-20(12-8-18)31(28,29)26(13-16-5-9-19(25)10-6-16)14-17-15-30-22-4-2-1-3-21(22)23(17)27/h1-12,15H,13-14H2. The van der Waals surface area contributed by atoms with Gasteiger partial charge in [-0.25, -0.2) is 12.8 Å². The molecule has 0 aliphatic carbocycles. The summed E-state index contributed by atoms with van der Waals surface area (Å²) in [4.78, 5) is 13.0. The van der Waals surface area contributed by atoms with Crippen molar-refractivity contribution in [2.75, 3.05) is 0 Å². The molecule has 0 saturated heterocycles. The molecule has 0 saturated carbocycles. The summed E-state index contributed by atoms with van der Waals surface area (Å²) in [6.07, 6.45) is 1.29. The molecule has 31 heavy (non-hydrogen) atoms. The lowest BCUT2D eigenvalue weighted by Crippen LogP contribution is -2.32. The van der Waals surface area contributed by atoms with Gasteiger partial charge in [-0.15, -0.1) is 0 Å². The van der Waals surface area contributed by atoms with Crippen LogP contribution in [0.5, 0.6) is 0 Å². The molecule has 1 heterocycles. The molecule has 5 nitrogen and oxygen atoms in total. The van der Waals surface area contributed by atoms with E-state index in [1.165, 1.54) is 47.0 Å². The van der Waals surface area contributed by atoms with Crippen LogP contribution in [0.4, 0.5) is 4.39 Å². The largest absolute Gasteiger partial charge is 0.464 e. The van der Waals surface area contributed by atoms with Crippen LogP contribution in [-0.4, -0.2) is 12.7 Å². The molecule has 0 aliphatic heterocycles. The van der Waals surface area contributed by atoms with E-state index < -0.39 is 15.8 Å². The summed E-state index contributed by atoms with van der Waals surface area (Å²) in [5, 5.41) is 0.378. The zero-order valence-electron chi connectivity index (χ0n) is 16.2. The third kappa shape index (κ3) is 4.61. The molecule has 0 amide bonds. The molecule has 0 N–H and O–H groups in total. The maximum Gasteiger partial charge on any atom is 0.243 e. The fourth-order valence-electron chi connectivity index (χ4n) is 3.19. The van der Waals surface area contributed by atoms with E-state index in [0.717, 1.165) is 4.47 Å². The number of rotatable bonds is 6. The normalized spacial score (nSPS) is 11.8. The van der Waals surface area contributed by atoms with E-state index in [4.69, 9.17) is 4.42 Å². The predicted octanol–water partition coefficient (Wildman–Crippen LogP) is 5.09. The van der Waals surface area contributed by atoms with Crippen molar-refractivity contribution in [3.8, 4) is 0 Å². The number of halogens is 2. The summed E-state index contributed by atoms with van der Waals surface area (Å²) in [6, 6.07) is 18.6. The highest BCUT2D eigenvalue weighted by Gasteiger charge is 2.26. The zero-order chi connectivity index (χ0) is 22.0. The minimum absolute atomic E-state index is 0.0368. The molecule has 0 atom stereocenters. The molecule has 0 aliphatic rings. The average Bonchev–Trinajstić information content (AvgIpc) is 2.77. The van der Waals surface area contributed by atoms with E-state index in [1.807, 2.05) is 0 Å². The Morgan fingerprint density at radius 2 is 1.58 bits per heavy atom. The average molecular weight is 502 g/mol. The Morgan fingerprint density at radius 1 is 0.903 bits per heavy atom. The summed E-state index contributed by atoms with van der Waals surface area (Å²) in [5.74, 6) is -0.416. The molecule has 8 heteroatoms. The summed E-state index contributed by atoms with van der Waals surface area (Å²) in [7, 11) is -3.96. The summed E-state index contributed by atoms with van der Waals surface area (Å²) < 4.78 is 47.6. The smallest absolute Gasteiger partial charge is 0.243 e. The van der Waals surface area contributed by atoms with Crippen LogP contribution in [0.3, 0.4) is 0 Å². The third-order valence-electron chi connectivity index (χ3n) is 4.82. The van der Waals surface area contributed by atoms with Gasteiger partial charge in [-0.1, -0.05) is 40.2 Å². The minimum atomic E-state index is -3.96. The van der Waals surface area contributed by atoms with Gasteiger partial charge in [0.25, 0.3) is 0 Å². The number of benzene rings is 3. The fourth-order valence-corrected chi connectivity index (χ4v) is 4.86. The molecule has 0 radical (unpaired) electrons. The van der Waals surface area contributed by atoms with Gasteiger partial charge < -0.3 is 4.42 Å². The van der Waals surface area contributed by atoms with E-state index in [9.17, 15) is 17.6 Å². The molecule has 0 spiro atoms. The Labute approximate surface area is 186 Å². The summed E-state index contributed by atoms with van der Waals surface area (Å²) in [6.45, 7) is -0.228. The van der Waals surface area contributed by atoms with Crippen LogP contribution >= 0.6 is 15.9 Å². The van der Waals surface area contributed by atoms with Crippen LogP contribution in [-0.2, 0) is 23.1 Å². The summed E-state index contributed by atoms with van der Waals surface area (Å²) in [5.41, 5.74) is 0.933. The Hall–Kier alpha value is -2.81. The number of sulfonamides is 1. The van der Waals surface area contributed by atoms with Gasteiger partial charge in [-0.2, -0.15) is 4.31 Å². The first kappa shape index (κ1) is 21.4. The van der Waals surface area contributed by atoms with Gasteiger partial charge in [-0.05, 0) is 54.1 Å². The van der Waals surface area contributed by atoms with Gasteiger partial charge in [0.15, 0.2) is 5.43 Å². The Balaban J connectivity index is 1.76. The van der Waals surface area contributed by atoms with Crippen molar-refractivity contribution in [2.45, 2.75) is 18.0 Å². The van der Waals surface area contributed by atoms with Crippen molar-refractivity contribution in [3.63, 3.8) is 0 Å². The minimum Gasteiger partial charge on any atom is -0.464 e. The highest BCUT2D eigenvalue weighted by atomic mass is 79.9. The second kappa shape index (κ2) is 8.74. The van der Waals surface area contributed by atoms with E-state index in [1.54, 1.807) is 36.4 Å². The van der Waals surface area contributed by atoms with Crippen molar-refractivity contribution < 1.29 is 17.2 Å². The van der Waals surface area contributed by atoms with Crippen molar-refractivity contribution >= 4 is 36.9 Å². The molecule has 158 valence electrons. The topological polar surface area (TPSA) is 67.6 Å². The number of hydrogen-bond donors (Lipinski definition) is 0. The highest BCUT2D eigenvalue weighted by Crippen LogP contribution is 2.23. The molecule has 4 rings (SSSR count). The summed E-state index contributed by atoms with van der Waals surface area (Å²) >= 11 is 3.30. The molecule has 4 aromatic rings. The monoisotopic (exact) mass is 501 g/mol. The van der Waals surface area contributed by atoms with Gasteiger partial charge in [0.2, 0.25) is 10.0 Å². The molecule has 0 unspecified atom stereocenters. The van der Waals surface area contributed by atoms with Gasteiger partial charge in [0.05, 0.1) is 22.1 Å². The lowest BCUT2D eigenvalue weighted by molar-refractivity contribution is 0.396. The number of hydrogen-bond acceptors (Lipinski definition) is 4. The van der Waals surface area contributed by atoms with Crippen molar-refractivity contribution in [3.05, 3.63) is 111 Å². The van der Waals surface area contributed by atoms with Crippen LogP contribution in [0.1, 0.15) is 11.1 Å². The number of fused-ring (bicyclic) bond motifs is 1. The first-order valence-corrected chi connectivity index (χ1v) is 11.6. The van der Waals surface area contributed by atoms with E-state index in [-0.39, 0.29) is 29.0 Å². The SMILES string of the molecule is O=c1c(CN(Cc2ccc(F)cc2)S(=O)(=O)c2ccc(Br)cc2)coc2ccccc12. The quantitative estimate of drug-likeness (QED) is 0.369. The van der Waals surface area contributed by atoms with Gasteiger partial charge >= 0.3 is 0 Å². The Kier molecular flexibility index (Phi) is 6.04. The van der Waals surface area contributed by atoms with Crippen molar-refractivity contribution in [2.24, 2.45) is 0 Å². The molecule has 3 aromatic carbocycles. The van der Waals surface area contributed by atoms with Crippen molar-refractivity contribution in [1.82, 2.24) is 4.31 Å². The lowest BCUT2D eigenvalue weighted by atomic mass is 10.1.